The number of amides is 1. The maximum absolute atomic E-state index is 11.5. The van der Waals surface area contributed by atoms with Crippen molar-refractivity contribution >= 4 is 5.91 Å². The molecule has 1 saturated heterocycles. The van der Waals surface area contributed by atoms with E-state index in [-0.39, 0.29) is 12.0 Å². The number of rotatable bonds is 5. The first-order valence-corrected chi connectivity index (χ1v) is 6.23. The zero-order valence-corrected chi connectivity index (χ0v) is 10.6. The number of primary amides is 1. The molecule has 1 aliphatic rings. The highest BCUT2D eigenvalue weighted by atomic mass is 16.5. The summed E-state index contributed by atoms with van der Waals surface area (Å²) in [7, 11) is 0. The Morgan fingerprint density at radius 3 is 3.17 bits per heavy atom. The molecule has 0 radical (unpaired) electrons. The van der Waals surface area contributed by atoms with Crippen molar-refractivity contribution in [1.82, 2.24) is 10.3 Å². The van der Waals surface area contributed by atoms with Gasteiger partial charge in [-0.1, -0.05) is 0 Å². The van der Waals surface area contributed by atoms with Crippen molar-refractivity contribution in [1.29, 1.82) is 0 Å². The highest BCUT2D eigenvalue weighted by Crippen LogP contribution is 2.17. The fraction of sp³-hybridized carbons (Fsp3) is 0.538. The number of hydrogen-bond acceptors (Lipinski definition) is 4. The molecule has 0 saturated carbocycles. The molecule has 0 aromatic carbocycles. The molecular formula is C13H19N3O2. The summed E-state index contributed by atoms with van der Waals surface area (Å²) in [5.41, 5.74) is 7.30. The lowest BCUT2D eigenvalue weighted by atomic mass is 10.0. The van der Waals surface area contributed by atoms with Gasteiger partial charge in [0.2, 0.25) is 5.91 Å². The van der Waals surface area contributed by atoms with Crippen molar-refractivity contribution < 1.29 is 9.53 Å². The molecule has 1 amide bonds. The minimum Gasteiger partial charge on any atom is -0.377 e. The Morgan fingerprint density at radius 2 is 2.56 bits per heavy atom. The molecule has 1 aliphatic heterocycles. The van der Waals surface area contributed by atoms with E-state index < -0.39 is 6.04 Å². The van der Waals surface area contributed by atoms with Gasteiger partial charge in [0, 0.05) is 25.5 Å². The van der Waals surface area contributed by atoms with Crippen LogP contribution in [0, 0.1) is 6.92 Å². The van der Waals surface area contributed by atoms with Crippen LogP contribution in [0.2, 0.25) is 0 Å². The largest absolute Gasteiger partial charge is 0.377 e. The summed E-state index contributed by atoms with van der Waals surface area (Å²) in [5, 5.41) is 3.18. The standard InChI is InChI=1S/C13H19N3O2/c1-9-4-5-15-8-11(9)12(13(14)17)16-7-10-3-2-6-18-10/h4-5,8,10,12,16H,2-3,6-7H2,1H3,(H2,14,17). The van der Waals surface area contributed by atoms with Gasteiger partial charge in [-0.15, -0.1) is 0 Å². The predicted molar refractivity (Wildman–Crippen MR) is 67.9 cm³/mol. The second kappa shape index (κ2) is 5.93. The molecule has 98 valence electrons. The van der Waals surface area contributed by atoms with Crippen molar-refractivity contribution in [2.75, 3.05) is 13.2 Å². The van der Waals surface area contributed by atoms with Crippen LogP contribution in [0.15, 0.2) is 18.5 Å². The van der Waals surface area contributed by atoms with Gasteiger partial charge in [-0.25, -0.2) is 0 Å². The number of carbonyl (C=O) groups is 1. The summed E-state index contributed by atoms with van der Waals surface area (Å²) >= 11 is 0. The van der Waals surface area contributed by atoms with E-state index in [9.17, 15) is 4.79 Å². The summed E-state index contributed by atoms with van der Waals surface area (Å²) in [6.07, 6.45) is 5.69. The van der Waals surface area contributed by atoms with Gasteiger partial charge in [0.25, 0.3) is 0 Å². The Kier molecular flexibility index (Phi) is 4.28. The molecule has 0 aliphatic carbocycles. The first-order valence-electron chi connectivity index (χ1n) is 6.23. The SMILES string of the molecule is Cc1ccncc1C(NCC1CCCO1)C(N)=O. The molecule has 5 nitrogen and oxygen atoms in total. The Bertz CT molecular complexity index is 416. The number of ether oxygens (including phenoxy) is 1. The normalized spacial score (nSPS) is 20.8. The van der Waals surface area contributed by atoms with E-state index in [2.05, 4.69) is 10.3 Å². The maximum atomic E-state index is 11.5. The van der Waals surface area contributed by atoms with Crippen LogP contribution in [0.25, 0.3) is 0 Å². The zero-order chi connectivity index (χ0) is 13.0. The molecule has 5 heteroatoms. The molecule has 2 rings (SSSR count). The third-order valence-corrected chi connectivity index (χ3v) is 3.25. The van der Waals surface area contributed by atoms with E-state index in [1.807, 2.05) is 13.0 Å². The van der Waals surface area contributed by atoms with E-state index >= 15 is 0 Å². The Morgan fingerprint density at radius 1 is 1.72 bits per heavy atom. The summed E-state index contributed by atoms with van der Waals surface area (Å²) in [5.74, 6) is -0.385. The summed E-state index contributed by atoms with van der Waals surface area (Å²) in [6, 6.07) is 1.38. The quantitative estimate of drug-likeness (QED) is 0.804. The molecule has 1 aromatic heterocycles. The topological polar surface area (TPSA) is 77.2 Å². The van der Waals surface area contributed by atoms with Gasteiger partial charge in [-0.3, -0.25) is 15.1 Å². The predicted octanol–water partition coefficient (Wildman–Crippen LogP) is 0.685. The minimum atomic E-state index is -0.497. The highest BCUT2D eigenvalue weighted by Gasteiger charge is 2.22. The number of nitrogens with two attached hydrogens (primary N) is 1. The number of nitrogens with zero attached hydrogens (tertiary/aromatic N) is 1. The maximum Gasteiger partial charge on any atom is 0.239 e. The van der Waals surface area contributed by atoms with Gasteiger partial charge in [-0.2, -0.15) is 0 Å². The van der Waals surface area contributed by atoms with E-state index in [0.29, 0.717) is 6.54 Å². The first-order chi connectivity index (χ1) is 8.68. The number of carbonyl (C=O) groups excluding carboxylic acids is 1. The lowest BCUT2D eigenvalue weighted by Crippen LogP contribution is -2.38. The van der Waals surface area contributed by atoms with Gasteiger partial charge in [0.1, 0.15) is 6.04 Å². The second-order valence-corrected chi connectivity index (χ2v) is 4.61. The van der Waals surface area contributed by atoms with E-state index in [1.54, 1.807) is 12.4 Å². The highest BCUT2D eigenvalue weighted by molar-refractivity contribution is 5.81. The molecule has 2 heterocycles. The van der Waals surface area contributed by atoms with E-state index in [4.69, 9.17) is 10.5 Å². The molecule has 2 unspecified atom stereocenters. The monoisotopic (exact) mass is 249 g/mol. The van der Waals surface area contributed by atoms with Crippen LogP contribution in [0.3, 0.4) is 0 Å². The van der Waals surface area contributed by atoms with E-state index in [0.717, 1.165) is 30.6 Å². The van der Waals surface area contributed by atoms with Crippen LogP contribution in [-0.2, 0) is 9.53 Å². The van der Waals surface area contributed by atoms with Gasteiger partial charge >= 0.3 is 0 Å². The molecule has 18 heavy (non-hydrogen) atoms. The van der Waals surface area contributed by atoms with Gasteiger partial charge in [-0.05, 0) is 37.0 Å². The average molecular weight is 249 g/mol. The fourth-order valence-corrected chi connectivity index (χ4v) is 2.20. The van der Waals surface area contributed by atoms with Crippen LogP contribution in [-0.4, -0.2) is 30.1 Å². The Labute approximate surface area is 107 Å². The van der Waals surface area contributed by atoms with Gasteiger partial charge in [0.05, 0.1) is 6.10 Å². The molecule has 2 atom stereocenters. The van der Waals surface area contributed by atoms with Crippen LogP contribution in [0.5, 0.6) is 0 Å². The second-order valence-electron chi connectivity index (χ2n) is 4.61. The van der Waals surface area contributed by atoms with Crippen molar-refractivity contribution in [3.63, 3.8) is 0 Å². The number of pyridine rings is 1. The molecule has 0 bridgehead atoms. The average Bonchev–Trinajstić information content (AvgIpc) is 2.84. The molecule has 1 fully saturated rings. The van der Waals surface area contributed by atoms with Gasteiger partial charge < -0.3 is 10.5 Å². The van der Waals surface area contributed by atoms with Crippen LogP contribution in [0.4, 0.5) is 0 Å². The van der Waals surface area contributed by atoms with Crippen LogP contribution in [0.1, 0.15) is 30.0 Å². The number of aromatic nitrogens is 1. The number of aryl methyl sites for hydroxylation is 1. The molecule has 1 aromatic rings. The van der Waals surface area contributed by atoms with Crippen LogP contribution < -0.4 is 11.1 Å². The summed E-state index contributed by atoms with van der Waals surface area (Å²) in [6.45, 7) is 3.39. The third kappa shape index (κ3) is 3.05. The number of hydrogen-bond donors (Lipinski definition) is 2. The fourth-order valence-electron chi connectivity index (χ4n) is 2.20. The Hall–Kier alpha value is -1.46. The van der Waals surface area contributed by atoms with Crippen molar-refractivity contribution in [3.8, 4) is 0 Å². The van der Waals surface area contributed by atoms with E-state index in [1.165, 1.54) is 0 Å². The van der Waals surface area contributed by atoms with Crippen molar-refractivity contribution in [2.45, 2.75) is 31.9 Å². The summed E-state index contributed by atoms with van der Waals surface area (Å²) < 4.78 is 5.52. The summed E-state index contributed by atoms with van der Waals surface area (Å²) in [4.78, 5) is 15.6. The zero-order valence-electron chi connectivity index (χ0n) is 10.6. The van der Waals surface area contributed by atoms with Crippen molar-refractivity contribution in [3.05, 3.63) is 29.6 Å². The van der Waals surface area contributed by atoms with Crippen LogP contribution >= 0.6 is 0 Å². The minimum absolute atomic E-state index is 0.184. The molecule has 0 spiro atoms. The Balaban J connectivity index is 2.04. The lowest BCUT2D eigenvalue weighted by molar-refractivity contribution is -0.120. The number of nitrogens with one attached hydrogen (secondary N) is 1. The molecule has 3 N–H and O–H groups in total. The first kappa shape index (κ1) is 13.0. The third-order valence-electron chi connectivity index (χ3n) is 3.25. The lowest BCUT2D eigenvalue weighted by Gasteiger charge is -2.19. The molecular weight excluding hydrogens is 230 g/mol. The smallest absolute Gasteiger partial charge is 0.239 e. The van der Waals surface area contributed by atoms with Crippen molar-refractivity contribution in [2.24, 2.45) is 5.73 Å². The van der Waals surface area contributed by atoms with Gasteiger partial charge in [0.15, 0.2) is 0 Å².